The molecule has 3 aromatic rings. The second kappa shape index (κ2) is 5.61. The van der Waals surface area contributed by atoms with Crippen LogP contribution >= 0.6 is 0 Å². The first-order valence-corrected chi connectivity index (χ1v) is 9.86. The molecule has 0 radical (unpaired) electrons. The molecule has 0 unspecified atom stereocenters. The van der Waals surface area contributed by atoms with Gasteiger partial charge >= 0.3 is 0 Å². The van der Waals surface area contributed by atoms with E-state index in [9.17, 15) is 13.5 Å². The van der Waals surface area contributed by atoms with Crippen LogP contribution in [0.4, 0.5) is 0 Å². The Balaban J connectivity index is 1.67. The summed E-state index contributed by atoms with van der Waals surface area (Å²) in [5.41, 5.74) is 1.51. The van der Waals surface area contributed by atoms with Crippen molar-refractivity contribution in [1.82, 2.24) is 4.57 Å². The number of nitrogens with zero attached hydrogens (tertiary/aromatic N) is 1. The van der Waals surface area contributed by atoms with Gasteiger partial charge in [-0.3, -0.25) is 0 Å². The van der Waals surface area contributed by atoms with Crippen LogP contribution in [0.5, 0.6) is 5.75 Å². The Morgan fingerprint density at radius 3 is 2.48 bits per heavy atom. The fourth-order valence-electron chi connectivity index (χ4n) is 3.39. The molecule has 1 saturated heterocycles. The maximum Gasteiger partial charge on any atom is 0.156 e. The van der Waals surface area contributed by atoms with E-state index in [1.165, 1.54) is 0 Å². The number of ether oxygens (including phenoxy) is 1. The van der Waals surface area contributed by atoms with Gasteiger partial charge in [-0.1, -0.05) is 24.3 Å². The maximum atomic E-state index is 11.5. The largest absolute Gasteiger partial charge is 0.497 e. The van der Waals surface area contributed by atoms with Crippen molar-refractivity contribution in [2.75, 3.05) is 18.6 Å². The first kappa shape index (κ1) is 16.2. The normalized spacial score (nSPS) is 18.0. The first-order chi connectivity index (χ1) is 11.9. The number of rotatable bonds is 4. The quantitative estimate of drug-likeness (QED) is 0.778. The molecule has 0 aliphatic carbocycles. The summed E-state index contributed by atoms with van der Waals surface area (Å²) in [6.07, 6.45) is 2.00. The van der Waals surface area contributed by atoms with E-state index in [0.717, 1.165) is 22.2 Å². The van der Waals surface area contributed by atoms with Gasteiger partial charge in [0.2, 0.25) is 0 Å². The zero-order valence-corrected chi connectivity index (χ0v) is 14.7. The SMILES string of the molecule is COc1ccc(Cn2ccc3ccc(C4(O)CS(=O)(=O)C4)cc32)cc1. The predicted molar refractivity (Wildman–Crippen MR) is 96.6 cm³/mol. The highest BCUT2D eigenvalue weighted by molar-refractivity contribution is 7.92. The maximum absolute atomic E-state index is 11.5. The summed E-state index contributed by atoms with van der Waals surface area (Å²) < 4.78 is 30.2. The van der Waals surface area contributed by atoms with Crippen molar-refractivity contribution in [3.8, 4) is 5.75 Å². The van der Waals surface area contributed by atoms with Crippen molar-refractivity contribution in [2.45, 2.75) is 12.1 Å². The van der Waals surface area contributed by atoms with Gasteiger partial charge in [0.15, 0.2) is 9.84 Å². The van der Waals surface area contributed by atoms with Crippen LogP contribution in [0.1, 0.15) is 11.1 Å². The summed E-state index contributed by atoms with van der Waals surface area (Å²) in [6.45, 7) is 0.688. The van der Waals surface area contributed by atoms with Gasteiger partial charge in [-0.2, -0.15) is 0 Å². The average molecular weight is 357 g/mol. The van der Waals surface area contributed by atoms with Gasteiger partial charge in [0, 0.05) is 18.3 Å². The van der Waals surface area contributed by atoms with Crippen LogP contribution in [0.25, 0.3) is 10.9 Å². The van der Waals surface area contributed by atoms with E-state index < -0.39 is 15.4 Å². The summed E-state index contributed by atoms with van der Waals surface area (Å²) in [5, 5.41) is 11.6. The van der Waals surface area contributed by atoms with Crippen molar-refractivity contribution in [3.63, 3.8) is 0 Å². The van der Waals surface area contributed by atoms with Gasteiger partial charge in [-0.25, -0.2) is 8.42 Å². The number of fused-ring (bicyclic) bond motifs is 1. The smallest absolute Gasteiger partial charge is 0.156 e. The highest BCUT2D eigenvalue weighted by Gasteiger charge is 2.48. The van der Waals surface area contributed by atoms with Crippen LogP contribution in [0.15, 0.2) is 54.7 Å². The molecule has 0 atom stereocenters. The Bertz CT molecular complexity index is 1020. The fourth-order valence-corrected chi connectivity index (χ4v) is 5.09. The van der Waals surface area contributed by atoms with E-state index in [1.54, 1.807) is 7.11 Å². The third-order valence-electron chi connectivity index (χ3n) is 4.74. The molecule has 4 rings (SSSR count). The zero-order chi connectivity index (χ0) is 17.7. The van der Waals surface area contributed by atoms with Crippen molar-refractivity contribution in [2.24, 2.45) is 0 Å². The summed E-state index contributed by atoms with van der Waals surface area (Å²) in [7, 11) is -1.47. The molecule has 5 nitrogen and oxygen atoms in total. The van der Waals surface area contributed by atoms with Gasteiger partial charge in [0.1, 0.15) is 11.4 Å². The molecule has 1 aliphatic rings. The van der Waals surface area contributed by atoms with Gasteiger partial charge in [0.25, 0.3) is 0 Å². The Morgan fingerprint density at radius 1 is 1.12 bits per heavy atom. The lowest BCUT2D eigenvalue weighted by Gasteiger charge is -2.36. The number of aromatic nitrogens is 1. The Kier molecular flexibility index (Phi) is 3.63. The third-order valence-corrected chi connectivity index (χ3v) is 6.58. The number of aliphatic hydroxyl groups is 1. The fraction of sp³-hybridized carbons (Fsp3) is 0.263. The zero-order valence-electron chi connectivity index (χ0n) is 13.8. The molecular weight excluding hydrogens is 338 g/mol. The molecule has 130 valence electrons. The highest BCUT2D eigenvalue weighted by atomic mass is 32.2. The predicted octanol–water partition coefficient (Wildman–Crippen LogP) is 2.31. The molecule has 0 spiro atoms. The second-order valence-corrected chi connectivity index (χ2v) is 8.69. The van der Waals surface area contributed by atoms with E-state index in [4.69, 9.17) is 4.74 Å². The molecule has 6 heteroatoms. The minimum atomic E-state index is -3.11. The summed E-state index contributed by atoms with van der Waals surface area (Å²) >= 11 is 0. The summed E-state index contributed by atoms with van der Waals surface area (Å²) in [5.74, 6) is 0.409. The van der Waals surface area contributed by atoms with E-state index in [0.29, 0.717) is 12.1 Å². The Morgan fingerprint density at radius 2 is 1.84 bits per heavy atom. The minimum Gasteiger partial charge on any atom is -0.497 e. The monoisotopic (exact) mass is 357 g/mol. The Hall–Kier alpha value is -2.31. The van der Waals surface area contributed by atoms with Crippen LogP contribution < -0.4 is 4.74 Å². The molecule has 25 heavy (non-hydrogen) atoms. The summed E-state index contributed by atoms with van der Waals surface area (Å²) in [6, 6.07) is 15.5. The number of methoxy groups -OCH3 is 1. The third kappa shape index (κ3) is 2.92. The van der Waals surface area contributed by atoms with Crippen LogP contribution in [0.2, 0.25) is 0 Å². The lowest BCUT2D eigenvalue weighted by molar-refractivity contribution is 0.0692. The molecule has 0 bridgehead atoms. The minimum absolute atomic E-state index is 0.204. The van der Waals surface area contributed by atoms with Crippen molar-refractivity contribution >= 4 is 20.7 Å². The average Bonchev–Trinajstić information content (AvgIpc) is 2.96. The van der Waals surface area contributed by atoms with Crippen molar-refractivity contribution < 1.29 is 18.3 Å². The lowest BCUT2D eigenvalue weighted by Crippen LogP contribution is -2.52. The topological polar surface area (TPSA) is 68.5 Å². The molecule has 2 aromatic carbocycles. The van der Waals surface area contributed by atoms with E-state index in [-0.39, 0.29) is 11.5 Å². The number of hydrogen-bond acceptors (Lipinski definition) is 4. The van der Waals surface area contributed by atoms with Gasteiger partial charge in [-0.05, 0) is 40.8 Å². The molecule has 0 amide bonds. The highest BCUT2D eigenvalue weighted by Crippen LogP contribution is 2.35. The number of sulfone groups is 1. The van der Waals surface area contributed by atoms with Gasteiger partial charge < -0.3 is 14.4 Å². The van der Waals surface area contributed by atoms with E-state index in [2.05, 4.69) is 4.57 Å². The Labute approximate surface area is 146 Å². The van der Waals surface area contributed by atoms with Crippen LogP contribution in [-0.2, 0) is 22.0 Å². The van der Waals surface area contributed by atoms with Crippen molar-refractivity contribution in [3.05, 3.63) is 65.9 Å². The molecule has 0 saturated carbocycles. The van der Waals surface area contributed by atoms with E-state index in [1.807, 2.05) is 54.7 Å². The van der Waals surface area contributed by atoms with Gasteiger partial charge in [-0.15, -0.1) is 0 Å². The van der Waals surface area contributed by atoms with Crippen molar-refractivity contribution in [1.29, 1.82) is 0 Å². The summed E-state index contributed by atoms with van der Waals surface area (Å²) in [4.78, 5) is 0. The second-order valence-electron chi connectivity index (χ2n) is 6.63. The number of hydrogen-bond donors (Lipinski definition) is 1. The molecule has 1 fully saturated rings. The molecule has 1 aliphatic heterocycles. The van der Waals surface area contributed by atoms with Crippen LogP contribution in [0.3, 0.4) is 0 Å². The van der Waals surface area contributed by atoms with Crippen LogP contribution in [0, 0.1) is 0 Å². The number of benzene rings is 2. The van der Waals surface area contributed by atoms with E-state index >= 15 is 0 Å². The molecule has 2 heterocycles. The lowest BCUT2D eigenvalue weighted by atomic mass is 9.96. The van der Waals surface area contributed by atoms with Gasteiger partial charge in [0.05, 0.1) is 18.6 Å². The van der Waals surface area contributed by atoms with Crippen LogP contribution in [-0.4, -0.2) is 36.7 Å². The standard InChI is InChI=1S/C19H19NO4S/c1-24-17-6-2-14(3-7-17)11-20-9-8-15-4-5-16(10-18(15)20)19(21)12-25(22,23)13-19/h2-10,21H,11-13H2,1H3. The molecule has 1 aromatic heterocycles. The molecular formula is C19H19NO4S. The first-order valence-electron chi connectivity index (χ1n) is 8.04. The molecule has 1 N–H and O–H groups in total.